The van der Waals surface area contributed by atoms with Crippen LogP contribution in [-0.4, -0.2) is 43.2 Å². The van der Waals surface area contributed by atoms with Gasteiger partial charge in [0.2, 0.25) is 0 Å². The Bertz CT molecular complexity index is 250. The molecule has 7 heteroatoms. The zero-order chi connectivity index (χ0) is 10.4. The maximum atomic E-state index is 10.7. The lowest BCUT2D eigenvalue weighted by atomic mass is 10.1. The maximum Gasteiger partial charge on any atom is 0.257 e. The van der Waals surface area contributed by atoms with Crippen LogP contribution in [0.4, 0.5) is 0 Å². The Balaban J connectivity index is 4.02. The second-order valence-corrected chi connectivity index (χ2v) is 2.84. The highest BCUT2D eigenvalue weighted by Gasteiger charge is 2.22. The van der Waals surface area contributed by atoms with Gasteiger partial charge in [0.05, 0.1) is 6.61 Å². The number of ketones is 1. The monoisotopic (exact) mass is 210 g/mol. The number of hydrogen-bond donors (Lipinski definition) is 3. The van der Waals surface area contributed by atoms with Crippen molar-refractivity contribution < 1.29 is 27.6 Å². The second kappa shape index (κ2) is 5.81. The predicted molar refractivity (Wildman–Crippen MR) is 43.5 cm³/mol. The minimum absolute atomic E-state index is 0.653. The van der Waals surface area contributed by atoms with E-state index in [-0.39, 0.29) is 0 Å². The lowest BCUT2D eigenvalue weighted by Crippen LogP contribution is -2.36. The first-order chi connectivity index (χ1) is 5.99. The first kappa shape index (κ1) is 12.2. The van der Waals surface area contributed by atoms with Crippen LogP contribution < -0.4 is 0 Å². The quantitative estimate of drug-likeness (QED) is 0.346. The van der Waals surface area contributed by atoms with E-state index in [4.69, 9.17) is 10.2 Å². The lowest BCUT2D eigenvalue weighted by Gasteiger charge is -2.12. The van der Waals surface area contributed by atoms with Gasteiger partial charge in [-0.05, 0) is 6.08 Å². The largest absolute Gasteiger partial charge is 0.387 e. The standard InChI is InChI=1S/C6H10O6S/c1-2-4(7)6(9)5(8)3-12-13(10)11/h2,5-6,8-9,13H,1,3H2. The van der Waals surface area contributed by atoms with Crippen LogP contribution in [0.2, 0.25) is 0 Å². The van der Waals surface area contributed by atoms with E-state index in [9.17, 15) is 13.2 Å². The Kier molecular flexibility index (Phi) is 5.47. The van der Waals surface area contributed by atoms with Gasteiger partial charge in [-0.3, -0.25) is 8.98 Å². The summed E-state index contributed by atoms with van der Waals surface area (Å²) in [6, 6.07) is 0. The van der Waals surface area contributed by atoms with Crippen molar-refractivity contribution in [1.29, 1.82) is 0 Å². The molecule has 2 atom stereocenters. The van der Waals surface area contributed by atoms with Gasteiger partial charge in [-0.15, -0.1) is 0 Å². The number of carbonyl (C=O) groups excluding carboxylic acids is 1. The Hall–Kier alpha value is -0.760. The van der Waals surface area contributed by atoms with Crippen molar-refractivity contribution in [3.8, 4) is 0 Å². The molecule has 0 bridgehead atoms. The molecule has 0 aliphatic carbocycles. The van der Waals surface area contributed by atoms with E-state index in [2.05, 4.69) is 10.8 Å². The van der Waals surface area contributed by atoms with Gasteiger partial charge in [-0.1, -0.05) is 6.58 Å². The van der Waals surface area contributed by atoms with Crippen LogP contribution in [0, 0.1) is 0 Å². The van der Waals surface area contributed by atoms with Gasteiger partial charge in [0.15, 0.2) is 5.78 Å². The van der Waals surface area contributed by atoms with Gasteiger partial charge in [0.25, 0.3) is 11.0 Å². The van der Waals surface area contributed by atoms with Gasteiger partial charge in [-0.25, -0.2) is 8.42 Å². The van der Waals surface area contributed by atoms with E-state index in [1.165, 1.54) is 0 Å². The van der Waals surface area contributed by atoms with Crippen LogP contribution in [-0.2, 0) is 20.0 Å². The van der Waals surface area contributed by atoms with Gasteiger partial charge >= 0.3 is 0 Å². The molecule has 0 radical (unpaired) electrons. The molecule has 0 saturated heterocycles. The number of aliphatic hydroxyl groups is 2. The average Bonchev–Trinajstić information content (AvgIpc) is 2.11. The molecule has 0 fully saturated rings. The Morgan fingerprint density at radius 3 is 2.46 bits per heavy atom. The number of thiol groups is 1. The molecule has 2 unspecified atom stereocenters. The summed E-state index contributed by atoms with van der Waals surface area (Å²) in [5.74, 6) is -0.794. The molecule has 0 rings (SSSR count). The Labute approximate surface area is 76.6 Å². The lowest BCUT2D eigenvalue weighted by molar-refractivity contribution is -0.129. The first-order valence-corrected chi connectivity index (χ1v) is 4.38. The normalized spacial score (nSPS) is 15.3. The van der Waals surface area contributed by atoms with Crippen molar-refractivity contribution in [3.63, 3.8) is 0 Å². The SMILES string of the molecule is C=CC(=O)C(O)C(O)CO[SH](=O)=O. The zero-order valence-corrected chi connectivity index (χ0v) is 7.52. The molecule has 6 nitrogen and oxygen atoms in total. The van der Waals surface area contributed by atoms with Gasteiger partial charge in [0, 0.05) is 0 Å². The van der Waals surface area contributed by atoms with E-state index in [1.54, 1.807) is 0 Å². The molecule has 0 aromatic carbocycles. The van der Waals surface area contributed by atoms with Crippen molar-refractivity contribution >= 4 is 16.8 Å². The third-order valence-corrected chi connectivity index (χ3v) is 1.57. The van der Waals surface area contributed by atoms with Crippen molar-refractivity contribution in [2.75, 3.05) is 6.61 Å². The van der Waals surface area contributed by atoms with Gasteiger partial charge in [0.1, 0.15) is 12.2 Å². The molecule has 0 aromatic heterocycles. The maximum absolute atomic E-state index is 10.7. The van der Waals surface area contributed by atoms with Crippen LogP contribution >= 0.6 is 0 Å². The van der Waals surface area contributed by atoms with E-state index in [0.29, 0.717) is 0 Å². The van der Waals surface area contributed by atoms with Gasteiger partial charge in [-0.2, -0.15) is 0 Å². The highest BCUT2D eigenvalue weighted by atomic mass is 32.2. The molecule has 0 saturated carbocycles. The summed E-state index contributed by atoms with van der Waals surface area (Å²) < 4.78 is 23.7. The first-order valence-electron chi connectivity index (χ1n) is 3.28. The fourth-order valence-corrected chi connectivity index (χ4v) is 0.813. The zero-order valence-electron chi connectivity index (χ0n) is 6.62. The Morgan fingerprint density at radius 2 is 2.08 bits per heavy atom. The Morgan fingerprint density at radius 1 is 1.54 bits per heavy atom. The second-order valence-electron chi connectivity index (χ2n) is 2.14. The predicted octanol–water partition coefficient (Wildman–Crippen LogP) is -1.99. The summed E-state index contributed by atoms with van der Waals surface area (Å²) in [6.45, 7) is 2.43. The van der Waals surface area contributed by atoms with Crippen molar-refractivity contribution in [2.45, 2.75) is 12.2 Å². The molecule has 0 spiro atoms. The molecule has 0 heterocycles. The minimum atomic E-state index is -3.09. The van der Waals surface area contributed by atoms with E-state index >= 15 is 0 Å². The molecule has 76 valence electrons. The molecule has 2 N–H and O–H groups in total. The molecule has 0 amide bonds. The highest BCUT2D eigenvalue weighted by molar-refractivity contribution is 7.67. The van der Waals surface area contributed by atoms with E-state index in [1.807, 2.05) is 0 Å². The fourth-order valence-electron chi connectivity index (χ4n) is 0.539. The van der Waals surface area contributed by atoms with Crippen LogP contribution in [0.5, 0.6) is 0 Å². The highest BCUT2D eigenvalue weighted by Crippen LogP contribution is 1.97. The molecular formula is C6H10O6S. The number of aliphatic hydroxyl groups excluding tert-OH is 2. The molecule has 0 aromatic rings. The summed E-state index contributed by atoms with van der Waals surface area (Å²) in [5, 5.41) is 17.9. The smallest absolute Gasteiger partial charge is 0.257 e. The summed E-state index contributed by atoms with van der Waals surface area (Å²) in [4.78, 5) is 10.7. The summed E-state index contributed by atoms with van der Waals surface area (Å²) in [6.07, 6.45) is -2.45. The topological polar surface area (TPSA) is 101 Å². The van der Waals surface area contributed by atoms with Crippen molar-refractivity contribution in [3.05, 3.63) is 12.7 Å². The molecule has 13 heavy (non-hydrogen) atoms. The fraction of sp³-hybridized carbons (Fsp3) is 0.500. The third-order valence-electron chi connectivity index (χ3n) is 1.21. The molecular weight excluding hydrogens is 200 g/mol. The van der Waals surface area contributed by atoms with Crippen LogP contribution in [0.1, 0.15) is 0 Å². The van der Waals surface area contributed by atoms with Crippen molar-refractivity contribution in [1.82, 2.24) is 0 Å². The summed E-state index contributed by atoms with van der Waals surface area (Å²) >= 11 is 0. The van der Waals surface area contributed by atoms with Gasteiger partial charge < -0.3 is 10.2 Å². The number of rotatable bonds is 6. The van der Waals surface area contributed by atoms with Crippen LogP contribution in [0.25, 0.3) is 0 Å². The molecule has 0 aliphatic rings. The molecule has 0 aliphatic heterocycles. The number of carbonyl (C=O) groups is 1. The third kappa shape index (κ3) is 4.73. The average molecular weight is 210 g/mol. The number of hydrogen-bond acceptors (Lipinski definition) is 6. The van der Waals surface area contributed by atoms with Crippen LogP contribution in [0.15, 0.2) is 12.7 Å². The van der Waals surface area contributed by atoms with E-state index in [0.717, 1.165) is 6.08 Å². The van der Waals surface area contributed by atoms with E-state index < -0.39 is 35.6 Å². The van der Waals surface area contributed by atoms with Crippen molar-refractivity contribution in [2.24, 2.45) is 0 Å². The van der Waals surface area contributed by atoms with Crippen LogP contribution in [0.3, 0.4) is 0 Å². The summed E-state index contributed by atoms with van der Waals surface area (Å²) in [5.41, 5.74) is 0. The minimum Gasteiger partial charge on any atom is -0.387 e. The summed E-state index contributed by atoms with van der Waals surface area (Å²) in [7, 11) is -3.09.